The molecular formula is C30H35ClN2O5S. The van der Waals surface area contributed by atoms with E-state index in [0.717, 1.165) is 56.4 Å². The third-order valence-corrected chi connectivity index (χ3v) is 11.0. The Hall–Kier alpha value is -2.55. The Bertz CT molecular complexity index is 1390. The molecule has 5 atom stereocenters. The molecule has 2 aromatic rings. The van der Waals surface area contributed by atoms with Crippen LogP contribution in [0.25, 0.3) is 0 Å². The van der Waals surface area contributed by atoms with Gasteiger partial charge in [-0.15, -0.1) is 0 Å². The van der Waals surface area contributed by atoms with Crippen molar-refractivity contribution in [2.45, 2.75) is 62.9 Å². The molecule has 2 aromatic carbocycles. The molecule has 2 fully saturated rings. The minimum atomic E-state index is -3.79. The first-order chi connectivity index (χ1) is 18.8. The zero-order chi connectivity index (χ0) is 27.1. The normalized spacial score (nSPS) is 31.1. The van der Waals surface area contributed by atoms with Gasteiger partial charge in [-0.05, 0) is 104 Å². The second-order valence-electron chi connectivity index (χ2n) is 11.5. The van der Waals surface area contributed by atoms with Crippen molar-refractivity contribution in [2.75, 3.05) is 18.0 Å². The highest BCUT2D eigenvalue weighted by atomic mass is 35.5. The number of rotatable bonds is 0. The van der Waals surface area contributed by atoms with Crippen LogP contribution in [0.1, 0.15) is 60.0 Å². The predicted octanol–water partition coefficient (Wildman–Crippen LogP) is 4.86. The summed E-state index contributed by atoms with van der Waals surface area (Å²) in [5.41, 5.74) is 3.33. The van der Waals surface area contributed by atoms with Crippen molar-refractivity contribution in [1.29, 1.82) is 0 Å². The molecule has 39 heavy (non-hydrogen) atoms. The van der Waals surface area contributed by atoms with Crippen LogP contribution >= 0.6 is 11.6 Å². The standard InChI is InChI=1S/C30H35ClN2O5S/c31-24-10-7-23-18-38-28-12-9-21-15-26(28)33(13-2-1-4-19(23)14-24)17-22-8-11-25(22)27(34)6-3-5-20-16-29(20)39(36,37)32-30(21)35/h3,6-7,9-10,12,14-15,20,22,25,27,29,34H,1-2,4-5,8,11,13,16-18H2,(H,32,35)/b6-3+/t20-,22-,25+,27-,29+/m0/s1. The quantitative estimate of drug-likeness (QED) is 0.439. The van der Waals surface area contributed by atoms with Gasteiger partial charge in [-0.2, -0.15) is 0 Å². The minimum absolute atomic E-state index is 0.0297. The zero-order valence-electron chi connectivity index (χ0n) is 21.9. The van der Waals surface area contributed by atoms with E-state index in [0.29, 0.717) is 41.7 Å². The lowest BCUT2D eigenvalue weighted by molar-refractivity contribution is 0.0461. The largest absolute Gasteiger partial charge is 0.487 e. The summed E-state index contributed by atoms with van der Waals surface area (Å²) in [5.74, 6) is 0.485. The van der Waals surface area contributed by atoms with E-state index in [4.69, 9.17) is 16.3 Å². The lowest BCUT2D eigenvalue weighted by Crippen LogP contribution is -2.43. The van der Waals surface area contributed by atoms with Crippen LogP contribution in [0.5, 0.6) is 5.75 Å². The molecule has 6 rings (SSSR count). The van der Waals surface area contributed by atoms with Crippen molar-refractivity contribution in [3.8, 4) is 5.75 Å². The smallest absolute Gasteiger partial charge is 0.264 e. The van der Waals surface area contributed by atoms with Crippen LogP contribution in [0.3, 0.4) is 0 Å². The number of ether oxygens (including phenoxy) is 1. The first-order valence-electron chi connectivity index (χ1n) is 14.0. The number of carbonyl (C=O) groups is 1. The fourth-order valence-electron chi connectivity index (χ4n) is 6.28. The van der Waals surface area contributed by atoms with Gasteiger partial charge in [0, 0.05) is 23.7 Å². The molecule has 0 saturated heterocycles. The number of fused-ring (bicyclic) bond motifs is 4. The summed E-state index contributed by atoms with van der Waals surface area (Å²) in [5, 5.41) is 11.1. The summed E-state index contributed by atoms with van der Waals surface area (Å²) in [6, 6.07) is 11.1. The van der Waals surface area contributed by atoms with Gasteiger partial charge in [0.1, 0.15) is 12.4 Å². The second kappa shape index (κ2) is 10.8. The Labute approximate surface area is 235 Å². The molecule has 2 bridgehead atoms. The number of aryl methyl sites for hydroxylation is 1. The van der Waals surface area contributed by atoms with Crippen molar-refractivity contribution in [3.63, 3.8) is 0 Å². The van der Waals surface area contributed by atoms with Crippen molar-refractivity contribution >= 4 is 33.2 Å². The Morgan fingerprint density at radius 2 is 1.92 bits per heavy atom. The van der Waals surface area contributed by atoms with E-state index in [-0.39, 0.29) is 11.8 Å². The number of aliphatic hydroxyl groups is 1. The van der Waals surface area contributed by atoms with Crippen LogP contribution in [0.4, 0.5) is 5.69 Å². The Balaban J connectivity index is 1.37. The lowest BCUT2D eigenvalue weighted by atomic mass is 9.70. The molecule has 0 unspecified atom stereocenters. The van der Waals surface area contributed by atoms with E-state index in [1.165, 1.54) is 5.56 Å². The number of aliphatic hydroxyl groups excluding tert-OH is 1. The molecular weight excluding hydrogens is 536 g/mol. The highest BCUT2D eigenvalue weighted by Crippen LogP contribution is 2.42. The maximum Gasteiger partial charge on any atom is 0.264 e. The molecule has 0 spiro atoms. The first kappa shape index (κ1) is 26.7. The number of hydrogen-bond donors (Lipinski definition) is 2. The minimum Gasteiger partial charge on any atom is -0.487 e. The lowest BCUT2D eigenvalue weighted by Gasteiger charge is -2.42. The van der Waals surface area contributed by atoms with Crippen LogP contribution in [-0.4, -0.2) is 43.9 Å². The van der Waals surface area contributed by atoms with Gasteiger partial charge < -0.3 is 14.7 Å². The molecule has 2 N–H and O–H groups in total. The van der Waals surface area contributed by atoms with E-state index in [9.17, 15) is 18.3 Å². The van der Waals surface area contributed by atoms with E-state index < -0.39 is 27.3 Å². The van der Waals surface area contributed by atoms with Crippen molar-refractivity contribution in [1.82, 2.24) is 4.72 Å². The summed E-state index contributed by atoms with van der Waals surface area (Å²) in [6.07, 6.45) is 9.12. The molecule has 0 radical (unpaired) electrons. The number of hydrogen-bond acceptors (Lipinski definition) is 6. The van der Waals surface area contributed by atoms with Gasteiger partial charge in [0.25, 0.3) is 5.91 Å². The summed E-state index contributed by atoms with van der Waals surface area (Å²) >= 11 is 6.29. The van der Waals surface area contributed by atoms with Crippen molar-refractivity contribution < 1.29 is 23.1 Å². The number of sulfonamides is 1. The van der Waals surface area contributed by atoms with Crippen LogP contribution in [0.2, 0.25) is 5.02 Å². The Morgan fingerprint density at radius 1 is 1.05 bits per heavy atom. The van der Waals surface area contributed by atoms with E-state index in [1.54, 1.807) is 18.2 Å². The fraction of sp³-hybridized carbons (Fsp3) is 0.500. The maximum absolute atomic E-state index is 13.2. The summed E-state index contributed by atoms with van der Waals surface area (Å²) in [7, 11) is -3.79. The van der Waals surface area contributed by atoms with Gasteiger partial charge >= 0.3 is 0 Å². The summed E-state index contributed by atoms with van der Waals surface area (Å²) in [4.78, 5) is 15.4. The zero-order valence-corrected chi connectivity index (χ0v) is 23.5. The number of carbonyl (C=O) groups excluding carboxylic acids is 1. The molecule has 7 nitrogen and oxygen atoms in total. The van der Waals surface area contributed by atoms with Crippen LogP contribution in [0, 0.1) is 17.8 Å². The van der Waals surface area contributed by atoms with E-state index in [1.807, 2.05) is 30.4 Å². The first-order valence-corrected chi connectivity index (χ1v) is 15.9. The average Bonchev–Trinajstić information content (AvgIpc) is 3.67. The summed E-state index contributed by atoms with van der Waals surface area (Å²) < 4.78 is 34.5. The number of anilines is 1. The molecule has 2 heterocycles. The van der Waals surface area contributed by atoms with Crippen molar-refractivity contribution in [3.05, 3.63) is 70.3 Å². The van der Waals surface area contributed by atoms with Gasteiger partial charge in [-0.3, -0.25) is 4.79 Å². The molecule has 4 aliphatic rings. The van der Waals surface area contributed by atoms with Gasteiger partial charge in [0.05, 0.1) is 17.0 Å². The number of halogens is 1. The Morgan fingerprint density at radius 3 is 2.74 bits per heavy atom. The number of benzene rings is 2. The molecule has 208 valence electrons. The van der Waals surface area contributed by atoms with Gasteiger partial charge in [0.2, 0.25) is 10.0 Å². The van der Waals surface area contributed by atoms with E-state index >= 15 is 0 Å². The Kier molecular flexibility index (Phi) is 7.37. The molecule has 0 aromatic heterocycles. The molecule has 2 aliphatic heterocycles. The fourth-order valence-corrected chi connectivity index (χ4v) is 8.12. The molecule has 2 saturated carbocycles. The third-order valence-electron chi connectivity index (χ3n) is 8.87. The van der Waals surface area contributed by atoms with E-state index in [2.05, 4.69) is 9.62 Å². The van der Waals surface area contributed by atoms with Crippen LogP contribution in [-0.2, 0) is 23.1 Å². The molecule has 1 amide bonds. The average molecular weight is 571 g/mol. The van der Waals surface area contributed by atoms with Gasteiger partial charge in [-0.1, -0.05) is 29.8 Å². The van der Waals surface area contributed by atoms with Gasteiger partial charge in [-0.25, -0.2) is 13.1 Å². The SMILES string of the molecule is O=C1NS(=O)(=O)[C@@H]2C[C@@H]2C/C=C/[C@H](O)[C@@H]2CC[C@H]2CN2CCCCc3cc(Cl)ccc3COc3ccc1cc32. The monoisotopic (exact) mass is 570 g/mol. The number of nitrogens with zero attached hydrogens (tertiary/aromatic N) is 1. The molecule has 9 heteroatoms. The number of amides is 1. The topological polar surface area (TPSA) is 95.9 Å². The maximum atomic E-state index is 13.2. The highest BCUT2D eigenvalue weighted by molar-refractivity contribution is 7.91. The summed E-state index contributed by atoms with van der Waals surface area (Å²) in [6.45, 7) is 1.86. The highest BCUT2D eigenvalue weighted by Gasteiger charge is 2.47. The third kappa shape index (κ3) is 5.70. The molecule has 2 aliphatic carbocycles. The number of allylic oxidation sites excluding steroid dienone is 1. The van der Waals surface area contributed by atoms with Gasteiger partial charge in [0.15, 0.2) is 0 Å². The second-order valence-corrected chi connectivity index (χ2v) is 13.8. The van der Waals surface area contributed by atoms with Crippen LogP contribution < -0.4 is 14.4 Å². The van der Waals surface area contributed by atoms with Crippen molar-refractivity contribution in [2.24, 2.45) is 17.8 Å². The predicted molar refractivity (Wildman–Crippen MR) is 152 cm³/mol. The van der Waals surface area contributed by atoms with Crippen LogP contribution in [0.15, 0.2) is 48.6 Å². The number of nitrogens with one attached hydrogen (secondary N) is 1.